The summed E-state index contributed by atoms with van der Waals surface area (Å²) in [4.78, 5) is 39.3. The molecular formula is C23H33N3O3. The van der Waals surface area contributed by atoms with Crippen LogP contribution in [0.3, 0.4) is 0 Å². The monoisotopic (exact) mass is 399 g/mol. The Morgan fingerprint density at radius 3 is 2.45 bits per heavy atom. The molecule has 0 radical (unpaired) electrons. The first-order valence-electron chi connectivity index (χ1n) is 10.8. The molecule has 1 spiro atoms. The molecule has 4 amide bonds. The summed E-state index contributed by atoms with van der Waals surface area (Å²) in [5, 5.41) is 5.92. The van der Waals surface area contributed by atoms with Crippen molar-refractivity contribution in [2.24, 2.45) is 11.8 Å². The summed E-state index contributed by atoms with van der Waals surface area (Å²) in [5.74, 6) is 0.467. The molecule has 1 aromatic rings. The van der Waals surface area contributed by atoms with Crippen molar-refractivity contribution >= 4 is 17.8 Å². The molecule has 2 aliphatic rings. The molecule has 1 saturated carbocycles. The third kappa shape index (κ3) is 4.80. The largest absolute Gasteiger partial charge is 0.348 e. The van der Waals surface area contributed by atoms with Gasteiger partial charge in [0.15, 0.2) is 0 Å². The second-order valence-corrected chi connectivity index (χ2v) is 8.92. The molecule has 0 bridgehead atoms. The second kappa shape index (κ2) is 8.97. The van der Waals surface area contributed by atoms with E-state index < -0.39 is 11.6 Å². The van der Waals surface area contributed by atoms with Crippen molar-refractivity contribution < 1.29 is 14.4 Å². The van der Waals surface area contributed by atoms with Gasteiger partial charge in [0.25, 0.3) is 5.91 Å². The van der Waals surface area contributed by atoms with Crippen molar-refractivity contribution in [3.05, 3.63) is 35.9 Å². The van der Waals surface area contributed by atoms with E-state index in [1.165, 1.54) is 0 Å². The highest BCUT2D eigenvalue weighted by Gasteiger charge is 2.52. The lowest BCUT2D eigenvalue weighted by atomic mass is 9.75. The molecule has 3 rings (SSSR count). The van der Waals surface area contributed by atoms with E-state index in [4.69, 9.17) is 0 Å². The fraction of sp³-hybridized carbons (Fsp3) is 0.609. The molecule has 6 heteroatoms. The molecular weight excluding hydrogens is 366 g/mol. The summed E-state index contributed by atoms with van der Waals surface area (Å²) in [6.45, 7) is 6.14. The van der Waals surface area contributed by atoms with Crippen molar-refractivity contribution in [3.8, 4) is 0 Å². The number of hydrogen-bond donors (Lipinski definition) is 2. The van der Waals surface area contributed by atoms with Gasteiger partial charge in [-0.2, -0.15) is 0 Å². The Morgan fingerprint density at radius 2 is 1.86 bits per heavy atom. The molecule has 158 valence electrons. The van der Waals surface area contributed by atoms with E-state index in [2.05, 4.69) is 31.4 Å². The van der Waals surface area contributed by atoms with Crippen LogP contribution in [0.2, 0.25) is 0 Å². The van der Waals surface area contributed by atoms with Gasteiger partial charge >= 0.3 is 6.03 Å². The molecule has 1 atom stereocenters. The maximum Gasteiger partial charge on any atom is 0.325 e. The van der Waals surface area contributed by atoms with E-state index in [1.807, 2.05) is 30.3 Å². The molecule has 1 saturated heterocycles. The predicted octanol–water partition coefficient (Wildman–Crippen LogP) is 3.78. The fourth-order valence-electron chi connectivity index (χ4n) is 4.56. The fourth-order valence-corrected chi connectivity index (χ4v) is 4.56. The van der Waals surface area contributed by atoms with Crippen LogP contribution in [-0.2, 0) is 9.59 Å². The molecule has 1 aromatic carbocycles. The highest BCUT2D eigenvalue weighted by Crippen LogP contribution is 2.37. The summed E-state index contributed by atoms with van der Waals surface area (Å²) in [5.41, 5.74) is 0.223. The number of amides is 4. The summed E-state index contributed by atoms with van der Waals surface area (Å²) in [7, 11) is 0. The number of nitrogens with one attached hydrogen (secondary N) is 2. The Bertz CT molecular complexity index is 739. The molecule has 6 nitrogen and oxygen atoms in total. The number of benzene rings is 1. The second-order valence-electron chi connectivity index (χ2n) is 8.92. The van der Waals surface area contributed by atoms with E-state index in [-0.39, 0.29) is 24.4 Å². The first kappa shape index (κ1) is 21.3. The van der Waals surface area contributed by atoms with Gasteiger partial charge in [0, 0.05) is 0 Å². The third-order valence-electron chi connectivity index (χ3n) is 6.33. The van der Waals surface area contributed by atoms with Gasteiger partial charge in [0.05, 0.1) is 6.04 Å². The third-order valence-corrected chi connectivity index (χ3v) is 6.33. The van der Waals surface area contributed by atoms with Crippen LogP contribution >= 0.6 is 0 Å². The average molecular weight is 400 g/mol. The maximum atomic E-state index is 13.0. The number of carbonyl (C=O) groups excluding carboxylic acids is 3. The Balaban J connectivity index is 1.65. The van der Waals surface area contributed by atoms with Crippen molar-refractivity contribution in [1.29, 1.82) is 0 Å². The van der Waals surface area contributed by atoms with Crippen molar-refractivity contribution in [2.45, 2.75) is 70.9 Å². The van der Waals surface area contributed by atoms with Crippen LogP contribution in [0.25, 0.3) is 0 Å². The van der Waals surface area contributed by atoms with Crippen LogP contribution in [-0.4, -0.2) is 34.8 Å². The van der Waals surface area contributed by atoms with E-state index >= 15 is 0 Å². The standard InChI is InChI=1S/C23H33N3O3/c1-4-17-10-12-23(13-11-17)21(28)26(22(29)25-23)15-20(27)24-19(14-16(2)3)18-8-6-5-7-9-18/h5-9,16-17,19H,4,10-15H2,1-3H3,(H,24,27)(H,25,29). The lowest BCUT2D eigenvalue weighted by molar-refractivity contribution is -0.136. The van der Waals surface area contributed by atoms with E-state index in [1.54, 1.807) is 0 Å². The van der Waals surface area contributed by atoms with Crippen LogP contribution in [0.1, 0.15) is 70.9 Å². The molecule has 1 heterocycles. The zero-order valence-corrected chi connectivity index (χ0v) is 17.7. The van der Waals surface area contributed by atoms with E-state index in [0.717, 1.165) is 36.1 Å². The SMILES string of the molecule is CCC1CCC2(CC1)NC(=O)N(CC(=O)NC(CC(C)C)c1ccccc1)C2=O. The highest BCUT2D eigenvalue weighted by atomic mass is 16.2. The molecule has 0 aromatic heterocycles. The minimum atomic E-state index is -0.806. The van der Waals surface area contributed by atoms with Gasteiger partial charge in [-0.15, -0.1) is 0 Å². The van der Waals surface area contributed by atoms with Crippen LogP contribution in [0.4, 0.5) is 4.79 Å². The maximum absolute atomic E-state index is 13.0. The van der Waals surface area contributed by atoms with Gasteiger partial charge in [0.2, 0.25) is 5.91 Å². The molecule has 1 aliphatic heterocycles. The first-order valence-corrected chi connectivity index (χ1v) is 10.8. The van der Waals surface area contributed by atoms with Crippen LogP contribution < -0.4 is 10.6 Å². The van der Waals surface area contributed by atoms with Crippen molar-refractivity contribution in [1.82, 2.24) is 15.5 Å². The Labute approximate surface area is 173 Å². The molecule has 2 fully saturated rings. The topological polar surface area (TPSA) is 78.5 Å². The summed E-state index contributed by atoms with van der Waals surface area (Å²) in [6, 6.07) is 9.23. The number of hydrogen-bond acceptors (Lipinski definition) is 3. The van der Waals surface area contributed by atoms with E-state index in [0.29, 0.717) is 24.7 Å². The van der Waals surface area contributed by atoms with Gasteiger partial charge in [-0.05, 0) is 49.5 Å². The summed E-state index contributed by atoms with van der Waals surface area (Å²) < 4.78 is 0. The van der Waals surface area contributed by atoms with Gasteiger partial charge in [-0.25, -0.2) is 4.79 Å². The van der Waals surface area contributed by atoms with Gasteiger partial charge in [-0.3, -0.25) is 14.5 Å². The number of imide groups is 1. The average Bonchev–Trinajstić information content (AvgIpc) is 2.92. The van der Waals surface area contributed by atoms with E-state index in [9.17, 15) is 14.4 Å². The zero-order chi connectivity index (χ0) is 21.0. The number of rotatable bonds is 7. The molecule has 1 unspecified atom stereocenters. The Morgan fingerprint density at radius 1 is 1.21 bits per heavy atom. The summed E-state index contributed by atoms with van der Waals surface area (Å²) >= 11 is 0. The lowest BCUT2D eigenvalue weighted by Gasteiger charge is -2.34. The normalized spacial score (nSPS) is 25.4. The minimum absolute atomic E-state index is 0.140. The molecule has 2 N–H and O–H groups in total. The Kier molecular flexibility index (Phi) is 6.60. The van der Waals surface area contributed by atoms with Gasteiger partial charge in [-0.1, -0.05) is 57.5 Å². The van der Waals surface area contributed by atoms with Crippen molar-refractivity contribution in [3.63, 3.8) is 0 Å². The molecule has 1 aliphatic carbocycles. The van der Waals surface area contributed by atoms with Gasteiger partial charge in [0.1, 0.15) is 12.1 Å². The quantitative estimate of drug-likeness (QED) is 0.685. The smallest absolute Gasteiger partial charge is 0.325 e. The zero-order valence-electron chi connectivity index (χ0n) is 17.7. The number of nitrogens with zero attached hydrogens (tertiary/aromatic N) is 1. The van der Waals surface area contributed by atoms with Crippen LogP contribution in [0, 0.1) is 11.8 Å². The van der Waals surface area contributed by atoms with Crippen LogP contribution in [0.5, 0.6) is 0 Å². The predicted molar refractivity (Wildman–Crippen MR) is 112 cm³/mol. The highest BCUT2D eigenvalue weighted by molar-refractivity contribution is 6.09. The number of urea groups is 1. The number of carbonyl (C=O) groups is 3. The van der Waals surface area contributed by atoms with Crippen LogP contribution in [0.15, 0.2) is 30.3 Å². The molecule has 29 heavy (non-hydrogen) atoms. The minimum Gasteiger partial charge on any atom is -0.348 e. The van der Waals surface area contributed by atoms with Gasteiger partial charge < -0.3 is 10.6 Å². The van der Waals surface area contributed by atoms with Crippen molar-refractivity contribution in [2.75, 3.05) is 6.54 Å². The Hall–Kier alpha value is -2.37. The first-order chi connectivity index (χ1) is 13.8. The lowest BCUT2D eigenvalue weighted by Crippen LogP contribution is -2.50. The summed E-state index contributed by atoms with van der Waals surface area (Å²) in [6.07, 6.45) is 5.09.